The predicted molar refractivity (Wildman–Crippen MR) is 84.9 cm³/mol. The molecule has 1 aromatic rings. The molecule has 2 aliphatic rings. The first-order chi connectivity index (χ1) is 11.1. The molecule has 0 bridgehead atoms. The third kappa shape index (κ3) is 3.87. The SMILES string of the molecule is CC(NC(=O)N1CCOCC1CC(O)c1ccco1)C1CCC1. The van der Waals surface area contributed by atoms with Gasteiger partial charge in [-0.2, -0.15) is 0 Å². The van der Waals surface area contributed by atoms with Crippen LogP contribution >= 0.6 is 0 Å². The van der Waals surface area contributed by atoms with Crippen LogP contribution in [0.2, 0.25) is 0 Å². The second kappa shape index (κ2) is 7.36. The molecule has 23 heavy (non-hydrogen) atoms. The molecule has 6 nitrogen and oxygen atoms in total. The minimum Gasteiger partial charge on any atom is -0.467 e. The Labute approximate surface area is 136 Å². The Hall–Kier alpha value is -1.53. The molecule has 3 atom stereocenters. The van der Waals surface area contributed by atoms with Crippen LogP contribution in [0, 0.1) is 5.92 Å². The average Bonchev–Trinajstić information content (AvgIpc) is 3.00. The largest absolute Gasteiger partial charge is 0.467 e. The van der Waals surface area contributed by atoms with Crippen LogP contribution in [0.5, 0.6) is 0 Å². The number of hydrogen-bond donors (Lipinski definition) is 2. The summed E-state index contributed by atoms with van der Waals surface area (Å²) in [6, 6.07) is 3.51. The molecule has 128 valence electrons. The second-order valence-electron chi connectivity index (χ2n) is 6.62. The first kappa shape index (κ1) is 16.3. The summed E-state index contributed by atoms with van der Waals surface area (Å²) < 4.78 is 10.7. The number of morpholine rings is 1. The van der Waals surface area contributed by atoms with Crippen LogP contribution in [-0.2, 0) is 4.74 Å². The third-order valence-corrected chi connectivity index (χ3v) is 5.06. The van der Waals surface area contributed by atoms with E-state index in [2.05, 4.69) is 12.2 Å². The Morgan fingerprint density at radius 3 is 3.00 bits per heavy atom. The maximum absolute atomic E-state index is 12.6. The van der Waals surface area contributed by atoms with Crippen molar-refractivity contribution in [1.29, 1.82) is 0 Å². The number of nitrogens with one attached hydrogen (secondary N) is 1. The lowest BCUT2D eigenvalue weighted by atomic mass is 9.80. The minimum absolute atomic E-state index is 0.0515. The zero-order chi connectivity index (χ0) is 16.2. The van der Waals surface area contributed by atoms with E-state index in [1.165, 1.54) is 19.3 Å². The molecule has 1 saturated carbocycles. The zero-order valence-corrected chi connectivity index (χ0v) is 13.6. The Balaban J connectivity index is 1.57. The number of carbonyl (C=O) groups is 1. The van der Waals surface area contributed by atoms with Crippen molar-refractivity contribution < 1.29 is 19.1 Å². The maximum atomic E-state index is 12.6. The van der Waals surface area contributed by atoms with Gasteiger partial charge in [-0.1, -0.05) is 6.42 Å². The number of aliphatic hydroxyl groups excluding tert-OH is 1. The average molecular weight is 322 g/mol. The van der Waals surface area contributed by atoms with Crippen molar-refractivity contribution in [3.63, 3.8) is 0 Å². The smallest absolute Gasteiger partial charge is 0.318 e. The second-order valence-corrected chi connectivity index (χ2v) is 6.62. The van der Waals surface area contributed by atoms with Crippen molar-refractivity contribution in [2.24, 2.45) is 5.92 Å². The fourth-order valence-electron chi connectivity index (χ4n) is 3.31. The van der Waals surface area contributed by atoms with Crippen LogP contribution < -0.4 is 5.32 Å². The van der Waals surface area contributed by atoms with Crippen molar-refractivity contribution in [1.82, 2.24) is 10.2 Å². The van der Waals surface area contributed by atoms with Gasteiger partial charge in [-0.15, -0.1) is 0 Å². The van der Waals surface area contributed by atoms with Gasteiger partial charge in [0, 0.05) is 19.0 Å². The van der Waals surface area contributed by atoms with E-state index in [1.54, 1.807) is 23.3 Å². The van der Waals surface area contributed by atoms with Crippen LogP contribution in [0.15, 0.2) is 22.8 Å². The summed E-state index contributed by atoms with van der Waals surface area (Å²) in [7, 11) is 0. The number of nitrogens with zero attached hydrogens (tertiary/aromatic N) is 1. The fraction of sp³-hybridized carbons (Fsp3) is 0.706. The lowest BCUT2D eigenvalue weighted by Gasteiger charge is -2.39. The van der Waals surface area contributed by atoms with E-state index in [1.807, 2.05) is 0 Å². The fourth-order valence-corrected chi connectivity index (χ4v) is 3.31. The summed E-state index contributed by atoms with van der Waals surface area (Å²) in [5.41, 5.74) is 0. The minimum atomic E-state index is -0.726. The van der Waals surface area contributed by atoms with Crippen molar-refractivity contribution >= 4 is 6.03 Å². The van der Waals surface area contributed by atoms with Gasteiger partial charge in [0.05, 0.1) is 25.5 Å². The molecule has 0 radical (unpaired) electrons. The summed E-state index contributed by atoms with van der Waals surface area (Å²) >= 11 is 0. The number of furan rings is 1. The van der Waals surface area contributed by atoms with Crippen molar-refractivity contribution in [3.8, 4) is 0 Å². The van der Waals surface area contributed by atoms with Gasteiger partial charge in [0.1, 0.15) is 11.9 Å². The highest BCUT2D eigenvalue weighted by atomic mass is 16.5. The van der Waals surface area contributed by atoms with Crippen molar-refractivity contribution in [3.05, 3.63) is 24.2 Å². The van der Waals surface area contributed by atoms with Crippen LogP contribution in [0.3, 0.4) is 0 Å². The number of urea groups is 1. The monoisotopic (exact) mass is 322 g/mol. The molecule has 2 N–H and O–H groups in total. The molecule has 2 amide bonds. The van der Waals surface area contributed by atoms with Gasteiger partial charge in [-0.05, 0) is 37.8 Å². The van der Waals surface area contributed by atoms with Gasteiger partial charge in [-0.25, -0.2) is 4.79 Å². The van der Waals surface area contributed by atoms with Crippen LogP contribution in [0.4, 0.5) is 4.79 Å². The molecule has 3 unspecified atom stereocenters. The molecule has 2 heterocycles. The Kier molecular flexibility index (Phi) is 5.23. The summed E-state index contributed by atoms with van der Waals surface area (Å²) in [6.07, 6.45) is 4.90. The quantitative estimate of drug-likeness (QED) is 0.872. The summed E-state index contributed by atoms with van der Waals surface area (Å²) in [4.78, 5) is 14.4. The number of rotatable bonds is 5. The molecule has 3 rings (SSSR count). The van der Waals surface area contributed by atoms with E-state index in [0.29, 0.717) is 37.9 Å². The normalized spacial score (nSPS) is 24.8. The van der Waals surface area contributed by atoms with Gasteiger partial charge in [0.2, 0.25) is 0 Å². The van der Waals surface area contributed by atoms with Crippen LogP contribution in [0.25, 0.3) is 0 Å². The Morgan fingerprint density at radius 2 is 2.35 bits per heavy atom. The lowest BCUT2D eigenvalue weighted by Crippen LogP contribution is -2.55. The summed E-state index contributed by atoms with van der Waals surface area (Å²) in [6.45, 7) is 3.62. The van der Waals surface area contributed by atoms with Gasteiger partial charge >= 0.3 is 6.03 Å². The topological polar surface area (TPSA) is 74.9 Å². The number of carbonyl (C=O) groups excluding carboxylic acids is 1. The van der Waals surface area contributed by atoms with Crippen molar-refractivity contribution in [2.45, 2.75) is 50.8 Å². The highest BCUT2D eigenvalue weighted by molar-refractivity contribution is 5.75. The summed E-state index contributed by atoms with van der Waals surface area (Å²) in [5.74, 6) is 1.13. The van der Waals surface area contributed by atoms with Gasteiger partial charge in [0.15, 0.2) is 0 Å². The molecule has 0 aromatic carbocycles. The molecule has 1 saturated heterocycles. The van der Waals surface area contributed by atoms with Gasteiger partial charge in [0.25, 0.3) is 0 Å². The van der Waals surface area contributed by atoms with Crippen LogP contribution in [-0.4, -0.2) is 47.9 Å². The lowest BCUT2D eigenvalue weighted by molar-refractivity contribution is -0.0106. The summed E-state index contributed by atoms with van der Waals surface area (Å²) in [5, 5.41) is 13.4. The van der Waals surface area contributed by atoms with Crippen molar-refractivity contribution in [2.75, 3.05) is 19.8 Å². The number of amides is 2. The molecular formula is C17H26N2O4. The van der Waals surface area contributed by atoms with E-state index >= 15 is 0 Å². The first-order valence-corrected chi connectivity index (χ1v) is 8.51. The van der Waals surface area contributed by atoms with E-state index in [-0.39, 0.29) is 18.1 Å². The first-order valence-electron chi connectivity index (χ1n) is 8.51. The number of hydrogen-bond acceptors (Lipinski definition) is 4. The molecule has 1 aromatic heterocycles. The highest BCUT2D eigenvalue weighted by Gasteiger charge is 2.32. The third-order valence-electron chi connectivity index (χ3n) is 5.06. The highest BCUT2D eigenvalue weighted by Crippen LogP contribution is 2.29. The van der Waals surface area contributed by atoms with Crippen LogP contribution in [0.1, 0.15) is 44.5 Å². The maximum Gasteiger partial charge on any atom is 0.318 e. The molecule has 1 aliphatic carbocycles. The van der Waals surface area contributed by atoms with E-state index in [9.17, 15) is 9.90 Å². The van der Waals surface area contributed by atoms with E-state index in [4.69, 9.17) is 9.15 Å². The van der Waals surface area contributed by atoms with E-state index in [0.717, 1.165) is 0 Å². The molecular weight excluding hydrogens is 296 g/mol. The number of ether oxygens (including phenoxy) is 1. The number of aliphatic hydroxyl groups is 1. The molecule has 0 spiro atoms. The molecule has 2 fully saturated rings. The predicted octanol–water partition coefficient (Wildman–Crippen LogP) is 2.30. The Morgan fingerprint density at radius 1 is 1.52 bits per heavy atom. The molecule has 1 aliphatic heterocycles. The Bertz CT molecular complexity index is 501. The zero-order valence-electron chi connectivity index (χ0n) is 13.6. The van der Waals surface area contributed by atoms with Gasteiger partial charge in [-0.3, -0.25) is 0 Å². The van der Waals surface area contributed by atoms with E-state index < -0.39 is 6.10 Å². The van der Waals surface area contributed by atoms with Gasteiger partial charge < -0.3 is 24.5 Å². The standard InChI is InChI=1S/C17H26N2O4/c1-12(13-4-2-5-13)18-17(21)19-7-9-22-11-14(19)10-15(20)16-6-3-8-23-16/h3,6,8,12-15,20H,2,4-5,7,9-11H2,1H3,(H,18,21). The molecule has 6 heteroatoms.